The van der Waals surface area contributed by atoms with Gasteiger partial charge >= 0.3 is 197 Å². The maximum absolute atomic E-state index is 5.81. The van der Waals surface area contributed by atoms with Crippen molar-refractivity contribution in [2.24, 2.45) is 5.41 Å². The van der Waals surface area contributed by atoms with Crippen LogP contribution in [0.2, 0.25) is 36.4 Å². The van der Waals surface area contributed by atoms with E-state index >= 15 is 0 Å². The molecule has 1 heteroatoms. The van der Waals surface area contributed by atoms with Crippen LogP contribution in [0.4, 0.5) is 0 Å². The van der Waals surface area contributed by atoms with Crippen LogP contribution in [0.25, 0.3) is 6.08 Å². The third-order valence-electron chi connectivity index (χ3n) is 11.7. The summed E-state index contributed by atoms with van der Waals surface area (Å²) in [6.45, 7) is 4.85. The molecule has 0 fully saturated rings. The first kappa shape index (κ1) is 24.2. The number of hydrogen-bond acceptors (Lipinski definition) is 0. The van der Waals surface area contributed by atoms with Crippen molar-refractivity contribution in [3.05, 3.63) is 101 Å². The average molecular weight is 622 g/mol. The van der Waals surface area contributed by atoms with Gasteiger partial charge in [-0.25, -0.2) is 0 Å². The fourth-order valence-electron chi connectivity index (χ4n) is 8.54. The van der Waals surface area contributed by atoms with Crippen LogP contribution >= 0.6 is 0 Å². The minimum atomic E-state index is -5.81. The van der Waals surface area contributed by atoms with Gasteiger partial charge in [0.1, 0.15) is 0 Å². The summed E-state index contributed by atoms with van der Waals surface area (Å²) >= 11 is -5.81. The molecule has 2 aromatic carbocycles. The molecule has 3 aliphatic carbocycles. The van der Waals surface area contributed by atoms with Crippen molar-refractivity contribution in [2.45, 2.75) is 72.7 Å². The summed E-state index contributed by atoms with van der Waals surface area (Å²) in [5, 5.41) is 0. The van der Waals surface area contributed by atoms with Gasteiger partial charge in [0.05, 0.1) is 0 Å². The molecule has 34 heavy (non-hydrogen) atoms. The molecule has 0 aromatic heterocycles. The summed E-state index contributed by atoms with van der Waals surface area (Å²) in [6.07, 6.45) is 18.1. The van der Waals surface area contributed by atoms with Crippen LogP contribution in [0, 0.1) is 5.41 Å². The molecule has 0 spiro atoms. The second kappa shape index (κ2) is 4.53. The topological polar surface area (TPSA) is 0 Å². The van der Waals surface area contributed by atoms with Crippen LogP contribution in [0.1, 0.15) is 41.7 Å². The molecule has 0 aliphatic heterocycles. The summed E-state index contributed by atoms with van der Waals surface area (Å²) in [5.74, 6) is 0. The molecule has 5 rings (SSSR count). The van der Waals surface area contributed by atoms with E-state index in [4.69, 9.17) is 0 Å². The molecule has 0 saturated heterocycles. The summed E-state index contributed by atoms with van der Waals surface area (Å²) in [6, 6.07) is 16.4. The van der Waals surface area contributed by atoms with E-state index in [1.165, 1.54) is 24.0 Å². The third kappa shape index (κ3) is 2.86. The van der Waals surface area contributed by atoms with Gasteiger partial charge < -0.3 is 0 Å². The van der Waals surface area contributed by atoms with Gasteiger partial charge in [0.2, 0.25) is 0 Å². The fraction of sp³-hybridized carbons (Fsp3) is 0.455. The zero-order chi connectivity index (χ0) is 25.1. The van der Waals surface area contributed by atoms with Crippen LogP contribution in [-0.4, -0.2) is 0 Å². The van der Waals surface area contributed by atoms with Crippen molar-refractivity contribution >= 4 is 6.08 Å². The first-order chi connectivity index (χ1) is 15.0. The van der Waals surface area contributed by atoms with Crippen LogP contribution in [-0.2, 0) is 35.1 Å². The van der Waals surface area contributed by atoms with Gasteiger partial charge in [-0.1, -0.05) is 0 Å². The normalized spacial score (nSPS) is 29.3. The Hall–Kier alpha value is -1.47. The first-order valence-corrected chi connectivity index (χ1v) is 42.6. The van der Waals surface area contributed by atoms with Gasteiger partial charge in [-0.15, -0.1) is 0 Å². The molecule has 0 radical (unpaired) electrons. The van der Waals surface area contributed by atoms with Crippen LogP contribution in [0.3, 0.4) is 0 Å². The molecule has 0 heterocycles. The average Bonchev–Trinajstić information content (AvgIpc) is 3.37. The van der Waals surface area contributed by atoms with Crippen molar-refractivity contribution in [2.75, 3.05) is 0 Å². The van der Waals surface area contributed by atoms with Gasteiger partial charge in [0.25, 0.3) is 0 Å². The van der Waals surface area contributed by atoms with E-state index < -0.39 is 12.6 Å². The van der Waals surface area contributed by atoms with E-state index in [9.17, 15) is 0 Å². The monoisotopic (exact) mass is 623 g/mol. The van der Waals surface area contributed by atoms with Crippen LogP contribution in [0.15, 0.2) is 72.8 Å². The Bertz CT molecular complexity index is 1380. The predicted octanol–water partition coefficient (Wildman–Crippen LogP) is 10.4. The van der Waals surface area contributed by atoms with Crippen molar-refractivity contribution in [1.29, 1.82) is 0 Å². The number of benzene rings is 2. The molecule has 0 N–H and O–H groups in total. The zero-order valence-electron chi connectivity index (χ0n) is 23.2. The fourth-order valence-corrected chi connectivity index (χ4v) is 40.3. The third-order valence-corrected chi connectivity index (χ3v) is 57.5. The van der Waals surface area contributed by atoms with Gasteiger partial charge in [-0.2, -0.15) is 0 Å². The molecule has 0 bridgehead atoms. The Morgan fingerprint density at radius 2 is 1.35 bits per heavy atom. The van der Waals surface area contributed by atoms with Gasteiger partial charge in [-0.05, 0) is 0 Å². The van der Waals surface area contributed by atoms with Crippen LogP contribution < -0.4 is 0 Å². The number of rotatable bonds is 4. The molecular weight excluding hydrogens is 575 g/mol. The summed E-state index contributed by atoms with van der Waals surface area (Å²) in [5.41, 5.74) is 7.90. The molecule has 0 amide bonds. The van der Waals surface area contributed by atoms with E-state index in [1.54, 1.807) is 16.7 Å². The standard InChI is InChI=1S/C21H21.C5H5.7CH3.Hf/c1-21(2)13-18-11-17-9-8-16(20(17)12-19(18)14-21)10-15-6-4-3-5-7-15;1-2-4-5-3-1;;;;;;;;/h3-9,11-12H,10,13-14H2,1-2H3;1-5H;7*1H3;. The SMILES string of the molecule is CC1(C)Cc2cc3c(cc2C1)[C](Cc1ccccc1)([Hf]([CH3])([CH3])([CH3])([CH3])([CH3])([CH3])([CH3])[CH]1C=CC=C1)C=C3. The summed E-state index contributed by atoms with van der Waals surface area (Å²) < 4.78 is 19.4. The predicted molar refractivity (Wildman–Crippen MR) is 152 cm³/mol. The molecule has 183 valence electrons. The molecule has 1 atom stereocenters. The second-order valence-electron chi connectivity index (χ2n) is 23.4. The molecule has 2 aromatic rings. The number of fused-ring (bicyclic) bond motifs is 2. The van der Waals surface area contributed by atoms with Crippen molar-refractivity contribution in [3.63, 3.8) is 0 Å². The zero-order valence-corrected chi connectivity index (χ0v) is 26.8. The Morgan fingerprint density at radius 3 is 1.94 bits per heavy atom. The van der Waals surface area contributed by atoms with E-state index in [-0.39, 0.29) is 3.17 Å². The molecule has 0 nitrogen and oxygen atoms in total. The van der Waals surface area contributed by atoms with E-state index in [0.29, 0.717) is 9.09 Å². The van der Waals surface area contributed by atoms with Crippen molar-refractivity contribution in [1.82, 2.24) is 0 Å². The second-order valence-corrected chi connectivity index (χ2v) is 133. The number of hydrogen-bond donors (Lipinski definition) is 0. The quantitative estimate of drug-likeness (QED) is 0.298. The molecular formula is C33H47Hf. The van der Waals surface area contributed by atoms with Gasteiger partial charge in [-0.3, -0.25) is 0 Å². The Labute approximate surface area is 196 Å². The Morgan fingerprint density at radius 1 is 0.794 bits per heavy atom. The Balaban J connectivity index is 1.94. The molecule has 3 aliphatic rings. The van der Waals surface area contributed by atoms with E-state index in [1.807, 2.05) is 0 Å². The summed E-state index contributed by atoms with van der Waals surface area (Å²) in [7, 11) is 0. The van der Waals surface area contributed by atoms with Crippen molar-refractivity contribution < 1.29 is 12.6 Å². The van der Waals surface area contributed by atoms with Crippen LogP contribution in [0.5, 0.6) is 0 Å². The maximum atomic E-state index is 2.74. The van der Waals surface area contributed by atoms with Crippen molar-refractivity contribution in [3.8, 4) is 0 Å². The van der Waals surface area contributed by atoms with Gasteiger partial charge in [0, 0.05) is 0 Å². The van der Waals surface area contributed by atoms with E-state index in [0.717, 1.165) is 6.42 Å². The first-order valence-electron chi connectivity index (χ1n) is 13.6. The Kier molecular flexibility index (Phi) is 3.23. The molecule has 0 saturated carbocycles. The molecule has 1 unspecified atom stereocenters. The van der Waals surface area contributed by atoms with Gasteiger partial charge in [0.15, 0.2) is 0 Å². The van der Waals surface area contributed by atoms with E-state index in [2.05, 4.69) is 126 Å². The number of allylic oxidation sites excluding steroid dienone is 5. The minimum absolute atomic E-state index is 0.149. The summed E-state index contributed by atoms with van der Waals surface area (Å²) in [4.78, 5) is 0.